The third-order valence-corrected chi connectivity index (χ3v) is 5.38. The van der Waals surface area contributed by atoms with Crippen molar-refractivity contribution in [3.63, 3.8) is 0 Å². The highest BCUT2D eigenvalue weighted by Crippen LogP contribution is 2.37. The summed E-state index contributed by atoms with van der Waals surface area (Å²) in [5.74, 6) is -2.64. The Bertz CT molecular complexity index is 695. The van der Waals surface area contributed by atoms with Crippen molar-refractivity contribution >= 4 is 11.8 Å². The lowest BCUT2D eigenvalue weighted by molar-refractivity contribution is -0.141. The van der Waals surface area contributed by atoms with E-state index >= 15 is 0 Å². The van der Waals surface area contributed by atoms with Gasteiger partial charge < -0.3 is 16.4 Å². The van der Waals surface area contributed by atoms with Gasteiger partial charge in [-0.1, -0.05) is 0 Å². The number of piperidine rings is 1. The van der Waals surface area contributed by atoms with Crippen molar-refractivity contribution in [2.24, 2.45) is 11.5 Å². The van der Waals surface area contributed by atoms with Crippen LogP contribution < -0.4 is 11.5 Å². The number of hydrogen-bond acceptors (Lipinski definition) is 3. The molecule has 0 bridgehead atoms. The molecule has 1 fully saturated rings. The molecule has 1 aromatic carbocycles. The second kappa shape index (κ2) is 7.07. The van der Waals surface area contributed by atoms with E-state index in [1.807, 2.05) is 0 Å². The van der Waals surface area contributed by atoms with E-state index in [4.69, 9.17) is 11.5 Å². The number of likely N-dealkylation sites (tertiary alicyclic amines) is 1. The quantitative estimate of drug-likeness (QED) is 0.863. The molecule has 3 atom stereocenters. The van der Waals surface area contributed by atoms with E-state index in [2.05, 4.69) is 0 Å². The Morgan fingerprint density at radius 2 is 1.92 bits per heavy atom. The molecule has 2 amide bonds. The predicted octanol–water partition coefficient (Wildman–Crippen LogP) is 1.58. The number of nitrogens with zero attached hydrogens (tertiary/aromatic N) is 1. The molecule has 136 valence electrons. The number of aryl methyl sites for hydroxylation is 1. The summed E-state index contributed by atoms with van der Waals surface area (Å²) in [6.07, 6.45) is 3.62. The molecule has 3 rings (SSSR count). The Kier molecular flexibility index (Phi) is 5.03. The van der Waals surface area contributed by atoms with Crippen LogP contribution in [-0.4, -0.2) is 35.3 Å². The van der Waals surface area contributed by atoms with Crippen LogP contribution in [0.4, 0.5) is 8.78 Å². The third kappa shape index (κ3) is 3.51. The molecule has 5 nitrogen and oxygen atoms in total. The molecule has 1 heterocycles. The van der Waals surface area contributed by atoms with Gasteiger partial charge in [-0.2, -0.15) is 0 Å². The number of carbonyl (C=O) groups excluding carboxylic acids is 2. The minimum absolute atomic E-state index is 0.0624. The molecule has 0 aromatic heterocycles. The number of amides is 2. The molecule has 1 saturated heterocycles. The second-order valence-corrected chi connectivity index (χ2v) is 6.98. The number of hydrogen-bond donors (Lipinski definition) is 2. The van der Waals surface area contributed by atoms with Gasteiger partial charge in [0.2, 0.25) is 11.8 Å². The van der Waals surface area contributed by atoms with Gasteiger partial charge in [0, 0.05) is 24.9 Å². The van der Waals surface area contributed by atoms with Gasteiger partial charge in [0.1, 0.15) is 6.04 Å². The normalized spacial score (nSPS) is 24.0. The van der Waals surface area contributed by atoms with Crippen molar-refractivity contribution in [2.45, 2.75) is 56.5 Å². The first-order valence-electron chi connectivity index (χ1n) is 8.70. The monoisotopic (exact) mass is 351 g/mol. The minimum atomic E-state index is -0.894. The van der Waals surface area contributed by atoms with Crippen LogP contribution >= 0.6 is 0 Å². The SMILES string of the molecule is NC(=O)C1CCCCN1C(=O)CC(N)C1CCc2cc(F)c(F)cc21. The number of benzene rings is 1. The van der Waals surface area contributed by atoms with Crippen LogP contribution in [0.1, 0.15) is 49.1 Å². The van der Waals surface area contributed by atoms with E-state index in [0.717, 1.165) is 18.4 Å². The first-order valence-corrected chi connectivity index (χ1v) is 8.70. The summed E-state index contributed by atoms with van der Waals surface area (Å²) in [7, 11) is 0. The van der Waals surface area contributed by atoms with Gasteiger partial charge in [0.15, 0.2) is 11.6 Å². The van der Waals surface area contributed by atoms with E-state index in [-0.39, 0.29) is 18.2 Å². The van der Waals surface area contributed by atoms with Crippen LogP contribution in [0, 0.1) is 11.6 Å². The molecule has 1 aliphatic carbocycles. The Labute approximate surface area is 145 Å². The van der Waals surface area contributed by atoms with Gasteiger partial charge in [0.05, 0.1) is 0 Å². The van der Waals surface area contributed by atoms with E-state index < -0.39 is 29.6 Å². The van der Waals surface area contributed by atoms with E-state index in [1.54, 1.807) is 0 Å². The number of halogens is 2. The number of carbonyl (C=O) groups is 2. The maximum atomic E-state index is 13.6. The molecule has 0 saturated carbocycles. The summed E-state index contributed by atoms with van der Waals surface area (Å²) in [5, 5.41) is 0. The molecule has 1 aliphatic heterocycles. The lowest BCUT2D eigenvalue weighted by Gasteiger charge is -2.35. The van der Waals surface area contributed by atoms with Crippen LogP contribution in [0.2, 0.25) is 0 Å². The summed E-state index contributed by atoms with van der Waals surface area (Å²) in [6, 6.07) is 1.33. The molecule has 2 aliphatic rings. The molecule has 7 heteroatoms. The smallest absolute Gasteiger partial charge is 0.240 e. The lowest BCUT2D eigenvalue weighted by atomic mass is 9.90. The molecule has 0 radical (unpaired) electrons. The van der Waals surface area contributed by atoms with E-state index in [0.29, 0.717) is 31.4 Å². The maximum absolute atomic E-state index is 13.6. The average molecular weight is 351 g/mol. The van der Waals surface area contributed by atoms with Crippen LogP contribution in [-0.2, 0) is 16.0 Å². The number of fused-ring (bicyclic) bond motifs is 1. The molecule has 4 N–H and O–H groups in total. The van der Waals surface area contributed by atoms with Crippen molar-refractivity contribution in [2.75, 3.05) is 6.54 Å². The number of nitrogens with two attached hydrogens (primary N) is 2. The van der Waals surface area contributed by atoms with Crippen LogP contribution in [0.25, 0.3) is 0 Å². The number of rotatable bonds is 4. The summed E-state index contributed by atoms with van der Waals surface area (Å²) in [5.41, 5.74) is 13.1. The predicted molar refractivity (Wildman–Crippen MR) is 88.6 cm³/mol. The second-order valence-electron chi connectivity index (χ2n) is 6.98. The summed E-state index contributed by atoms with van der Waals surface area (Å²) >= 11 is 0. The Morgan fingerprint density at radius 3 is 2.64 bits per heavy atom. The molecule has 1 aromatic rings. The molecular formula is C18H23F2N3O2. The Hall–Kier alpha value is -2.02. The zero-order chi connectivity index (χ0) is 18.1. The third-order valence-electron chi connectivity index (χ3n) is 5.38. The molecule has 0 spiro atoms. The lowest BCUT2D eigenvalue weighted by Crippen LogP contribution is -2.51. The zero-order valence-electron chi connectivity index (χ0n) is 14.0. The van der Waals surface area contributed by atoms with Gasteiger partial charge >= 0.3 is 0 Å². The van der Waals surface area contributed by atoms with E-state index in [9.17, 15) is 18.4 Å². The fraction of sp³-hybridized carbons (Fsp3) is 0.556. The minimum Gasteiger partial charge on any atom is -0.368 e. The van der Waals surface area contributed by atoms with Gasteiger partial charge in [-0.15, -0.1) is 0 Å². The number of primary amides is 1. The van der Waals surface area contributed by atoms with Crippen LogP contribution in [0.5, 0.6) is 0 Å². The van der Waals surface area contributed by atoms with Crippen molar-refractivity contribution in [1.29, 1.82) is 0 Å². The highest BCUT2D eigenvalue weighted by molar-refractivity contribution is 5.87. The standard InChI is InChI=1S/C18H23F2N3O2/c19-13-7-10-4-5-11(12(10)8-14(13)20)15(21)9-17(24)23-6-2-1-3-16(23)18(22)25/h7-8,11,15-16H,1-6,9,21H2,(H2,22,25). The highest BCUT2D eigenvalue weighted by atomic mass is 19.2. The first kappa shape index (κ1) is 17.8. The van der Waals surface area contributed by atoms with Crippen molar-refractivity contribution in [3.8, 4) is 0 Å². The van der Waals surface area contributed by atoms with Crippen molar-refractivity contribution in [1.82, 2.24) is 4.90 Å². The van der Waals surface area contributed by atoms with Gasteiger partial charge in [-0.25, -0.2) is 8.78 Å². The van der Waals surface area contributed by atoms with Gasteiger partial charge in [0.25, 0.3) is 0 Å². The summed E-state index contributed by atoms with van der Waals surface area (Å²) in [4.78, 5) is 25.7. The highest BCUT2D eigenvalue weighted by Gasteiger charge is 2.34. The van der Waals surface area contributed by atoms with E-state index in [1.165, 1.54) is 17.0 Å². The fourth-order valence-electron chi connectivity index (χ4n) is 4.06. The maximum Gasteiger partial charge on any atom is 0.240 e. The average Bonchev–Trinajstić information content (AvgIpc) is 2.97. The zero-order valence-corrected chi connectivity index (χ0v) is 14.0. The van der Waals surface area contributed by atoms with Crippen molar-refractivity contribution in [3.05, 3.63) is 34.9 Å². The molecule has 25 heavy (non-hydrogen) atoms. The Balaban J connectivity index is 1.71. The Morgan fingerprint density at radius 1 is 1.20 bits per heavy atom. The van der Waals surface area contributed by atoms with Crippen LogP contribution in [0.3, 0.4) is 0 Å². The van der Waals surface area contributed by atoms with Gasteiger partial charge in [-0.3, -0.25) is 9.59 Å². The van der Waals surface area contributed by atoms with Gasteiger partial charge in [-0.05, 0) is 55.4 Å². The van der Waals surface area contributed by atoms with Crippen molar-refractivity contribution < 1.29 is 18.4 Å². The largest absolute Gasteiger partial charge is 0.368 e. The van der Waals surface area contributed by atoms with Crippen LogP contribution in [0.15, 0.2) is 12.1 Å². The molecular weight excluding hydrogens is 328 g/mol. The first-order chi connectivity index (χ1) is 11.9. The fourth-order valence-corrected chi connectivity index (χ4v) is 4.06. The summed E-state index contributed by atoms with van der Waals surface area (Å²) in [6.45, 7) is 0.500. The molecule has 3 unspecified atom stereocenters. The summed E-state index contributed by atoms with van der Waals surface area (Å²) < 4.78 is 26.9. The topological polar surface area (TPSA) is 89.4 Å².